The quantitative estimate of drug-likeness (QED) is 0.350. The molecule has 32 heavy (non-hydrogen) atoms. The SMILES string of the molecule is CCN(CC)CCOc1c(C)cc([C@@H](Cc2ccc(OC)cc2)c2ccccc2)cc1C. The molecule has 170 valence electrons. The van der Waals surface area contributed by atoms with Gasteiger partial charge in [0.25, 0.3) is 0 Å². The van der Waals surface area contributed by atoms with E-state index in [1.165, 1.54) is 27.8 Å². The van der Waals surface area contributed by atoms with Gasteiger partial charge < -0.3 is 14.4 Å². The molecule has 3 aromatic carbocycles. The molecule has 0 aliphatic carbocycles. The fraction of sp³-hybridized carbons (Fsp3) is 0.379. The van der Waals surface area contributed by atoms with Crippen LogP contribution in [0, 0.1) is 13.8 Å². The van der Waals surface area contributed by atoms with Gasteiger partial charge in [-0.2, -0.15) is 0 Å². The number of hydrogen-bond acceptors (Lipinski definition) is 3. The van der Waals surface area contributed by atoms with Crippen LogP contribution in [0.25, 0.3) is 0 Å². The predicted octanol–water partition coefficient (Wildman–Crippen LogP) is 6.41. The van der Waals surface area contributed by atoms with Crippen molar-refractivity contribution in [2.75, 3.05) is 33.4 Å². The highest BCUT2D eigenvalue weighted by Gasteiger charge is 2.18. The number of rotatable bonds is 11. The van der Waals surface area contributed by atoms with Gasteiger partial charge in [0.05, 0.1) is 7.11 Å². The van der Waals surface area contributed by atoms with E-state index in [1.807, 2.05) is 12.1 Å². The molecule has 3 nitrogen and oxygen atoms in total. The number of likely N-dealkylation sites (N-methyl/N-ethyl adjacent to an activating group) is 1. The Kier molecular flexibility index (Phi) is 8.75. The molecule has 0 N–H and O–H groups in total. The van der Waals surface area contributed by atoms with E-state index in [1.54, 1.807) is 7.11 Å². The molecule has 0 aliphatic rings. The second kappa shape index (κ2) is 11.7. The van der Waals surface area contributed by atoms with E-state index in [0.717, 1.165) is 44.2 Å². The molecule has 3 rings (SSSR count). The first-order chi connectivity index (χ1) is 15.5. The molecule has 0 amide bonds. The Hall–Kier alpha value is -2.78. The zero-order valence-electron chi connectivity index (χ0n) is 20.2. The van der Waals surface area contributed by atoms with Crippen LogP contribution in [0.2, 0.25) is 0 Å². The molecule has 0 radical (unpaired) electrons. The van der Waals surface area contributed by atoms with Crippen LogP contribution < -0.4 is 9.47 Å². The lowest BCUT2D eigenvalue weighted by molar-refractivity contribution is 0.221. The van der Waals surface area contributed by atoms with Crippen molar-refractivity contribution in [3.8, 4) is 11.5 Å². The molecule has 0 bridgehead atoms. The van der Waals surface area contributed by atoms with Gasteiger partial charge in [0.2, 0.25) is 0 Å². The topological polar surface area (TPSA) is 21.7 Å². The second-order valence-electron chi connectivity index (χ2n) is 8.37. The van der Waals surface area contributed by atoms with Crippen LogP contribution in [-0.4, -0.2) is 38.3 Å². The molecule has 0 aromatic heterocycles. The zero-order chi connectivity index (χ0) is 22.9. The lowest BCUT2D eigenvalue weighted by Gasteiger charge is -2.23. The van der Waals surface area contributed by atoms with Gasteiger partial charge in [-0.25, -0.2) is 0 Å². The van der Waals surface area contributed by atoms with E-state index >= 15 is 0 Å². The number of ether oxygens (including phenoxy) is 2. The summed E-state index contributed by atoms with van der Waals surface area (Å²) in [7, 11) is 1.71. The fourth-order valence-electron chi connectivity index (χ4n) is 4.34. The third-order valence-corrected chi connectivity index (χ3v) is 6.23. The maximum Gasteiger partial charge on any atom is 0.125 e. The lowest BCUT2D eigenvalue weighted by atomic mass is 9.84. The Morgan fingerprint density at radius 1 is 0.812 bits per heavy atom. The van der Waals surface area contributed by atoms with Gasteiger partial charge in [-0.1, -0.05) is 68.4 Å². The molecule has 3 aromatic rings. The highest BCUT2D eigenvalue weighted by molar-refractivity contribution is 5.47. The van der Waals surface area contributed by atoms with E-state index in [-0.39, 0.29) is 5.92 Å². The standard InChI is InChI=1S/C29H37NO2/c1-6-30(7-2)17-18-32-29-22(3)19-26(20-23(29)4)28(25-11-9-8-10-12-25)21-24-13-15-27(31-5)16-14-24/h8-16,19-20,28H,6-7,17-18,21H2,1-5H3/t28-/m0/s1. The molecule has 1 atom stereocenters. The van der Waals surface area contributed by atoms with Crippen LogP contribution in [0.1, 0.15) is 47.6 Å². The fourth-order valence-corrected chi connectivity index (χ4v) is 4.34. The molecular weight excluding hydrogens is 394 g/mol. The lowest BCUT2D eigenvalue weighted by Crippen LogP contribution is -2.28. The zero-order valence-corrected chi connectivity index (χ0v) is 20.2. The van der Waals surface area contributed by atoms with Crippen molar-refractivity contribution in [3.63, 3.8) is 0 Å². The molecule has 0 saturated carbocycles. The summed E-state index contributed by atoms with van der Waals surface area (Å²) in [5.41, 5.74) is 6.37. The Labute approximate surface area is 194 Å². The summed E-state index contributed by atoms with van der Waals surface area (Å²) in [6.45, 7) is 12.5. The first kappa shape index (κ1) is 23.9. The van der Waals surface area contributed by atoms with Crippen molar-refractivity contribution in [2.45, 2.75) is 40.0 Å². The minimum absolute atomic E-state index is 0.284. The smallest absolute Gasteiger partial charge is 0.125 e. The predicted molar refractivity (Wildman–Crippen MR) is 134 cm³/mol. The highest BCUT2D eigenvalue weighted by Crippen LogP contribution is 2.34. The highest BCUT2D eigenvalue weighted by atomic mass is 16.5. The Morgan fingerprint density at radius 3 is 2.00 bits per heavy atom. The third-order valence-electron chi connectivity index (χ3n) is 6.23. The normalized spacial score (nSPS) is 12.1. The molecular formula is C29H37NO2. The van der Waals surface area contributed by atoms with Gasteiger partial charge in [-0.05, 0) is 73.3 Å². The Morgan fingerprint density at radius 2 is 1.44 bits per heavy atom. The molecule has 0 heterocycles. The van der Waals surface area contributed by atoms with Crippen LogP contribution in [0.4, 0.5) is 0 Å². The van der Waals surface area contributed by atoms with Gasteiger partial charge in [0.1, 0.15) is 18.1 Å². The largest absolute Gasteiger partial charge is 0.497 e. The maximum absolute atomic E-state index is 6.23. The summed E-state index contributed by atoms with van der Waals surface area (Å²) < 4.78 is 11.6. The van der Waals surface area contributed by atoms with E-state index in [2.05, 4.69) is 87.2 Å². The molecule has 0 unspecified atom stereocenters. The summed E-state index contributed by atoms with van der Waals surface area (Å²) in [5, 5.41) is 0. The minimum atomic E-state index is 0.284. The minimum Gasteiger partial charge on any atom is -0.497 e. The Bertz CT molecular complexity index is 939. The first-order valence-corrected chi connectivity index (χ1v) is 11.7. The van der Waals surface area contributed by atoms with Gasteiger partial charge >= 0.3 is 0 Å². The van der Waals surface area contributed by atoms with Crippen LogP contribution >= 0.6 is 0 Å². The van der Waals surface area contributed by atoms with Gasteiger partial charge in [-0.15, -0.1) is 0 Å². The van der Waals surface area contributed by atoms with Crippen molar-refractivity contribution in [1.29, 1.82) is 0 Å². The number of methoxy groups -OCH3 is 1. The van der Waals surface area contributed by atoms with E-state index < -0.39 is 0 Å². The number of nitrogens with zero attached hydrogens (tertiary/aromatic N) is 1. The average molecular weight is 432 g/mol. The number of hydrogen-bond donors (Lipinski definition) is 0. The molecule has 0 saturated heterocycles. The monoisotopic (exact) mass is 431 g/mol. The summed E-state index contributed by atoms with van der Waals surface area (Å²) in [6, 6.07) is 23.8. The van der Waals surface area contributed by atoms with Gasteiger partial charge in [0, 0.05) is 12.5 Å². The van der Waals surface area contributed by atoms with Crippen LogP contribution in [0.5, 0.6) is 11.5 Å². The number of benzene rings is 3. The van der Waals surface area contributed by atoms with Crippen LogP contribution in [0.15, 0.2) is 66.7 Å². The van der Waals surface area contributed by atoms with Crippen LogP contribution in [-0.2, 0) is 6.42 Å². The van der Waals surface area contributed by atoms with Gasteiger partial charge in [0.15, 0.2) is 0 Å². The van der Waals surface area contributed by atoms with Gasteiger partial charge in [-0.3, -0.25) is 0 Å². The average Bonchev–Trinajstić information content (AvgIpc) is 2.82. The number of aryl methyl sites for hydroxylation is 2. The third kappa shape index (κ3) is 6.14. The summed E-state index contributed by atoms with van der Waals surface area (Å²) >= 11 is 0. The van der Waals surface area contributed by atoms with Crippen LogP contribution in [0.3, 0.4) is 0 Å². The summed E-state index contributed by atoms with van der Waals surface area (Å²) in [6.07, 6.45) is 0.940. The van der Waals surface area contributed by atoms with Crippen molar-refractivity contribution >= 4 is 0 Å². The molecule has 0 fully saturated rings. The second-order valence-corrected chi connectivity index (χ2v) is 8.37. The molecule has 3 heteroatoms. The van der Waals surface area contributed by atoms with Crippen molar-refractivity contribution in [2.24, 2.45) is 0 Å². The molecule has 0 aliphatic heterocycles. The van der Waals surface area contributed by atoms with E-state index in [0.29, 0.717) is 0 Å². The first-order valence-electron chi connectivity index (χ1n) is 11.7. The van der Waals surface area contributed by atoms with Crippen molar-refractivity contribution in [3.05, 3.63) is 94.5 Å². The maximum atomic E-state index is 6.23. The van der Waals surface area contributed by atoms with Crippen molar-refractivity contribution in [1.82, 2.24) is 4.90 Å². The van der Waals surface area contributed by atoms with E-state index in [4.69, 9.17) is 9.47 Å². The summed E-state index contributed by atoms with van der Waals surface area (Å²) in [4.78, 5) is 2.39. The van der Waals surface area contributed by atoms with E-state index in [9.17, 15) is 0 Å². The summed E-state index contributed by atoms with van der Waals surface area (Å²) in [5.74, 6) is 2.20. The Balaban J connectivity index is 1.85. The van der Waals surface area contributed by atoms with Crippen molar-refractivity contribution < 1.29 is 9.47 Å². The molecule has 0 spiro atoms.